The minimum absolute atomic E-state index is 0.00593. The molecule has 0 spiro atoms. The van der Waals surface area contributed by atoms with Gasteiger partial charge in [0.15, 0.2) is 0 Å². The van der Waals surface area contributed by atoms with Crippen LogP contribution in [0.15, 0.2) is 30.5 Å². The largest absolute Gasteiger partial charge is 0.396 e. The van der Waals surface area contributed by atoms with E-state index in [0.717, 1.165) is 5.69 Å². The number of aromatic nitrogens is 2. The number of amides is 1. The Morgan fingerprint density at radius 3 is 2.52 bits per heavy atom. The minimum atomic E-state index is -0.317. The Kier molecular flexibility index (Phi) is 5.50. The quantitative estimate of drug-likeness (QED) is 0.859. The van der Waals surface area contributed by atoms with Crippen LogP contribution in [0.4, 0.5) is 4.39 Å². The zero-order valence-corrected chi connectivity index (χ0v) is 13.6. The molecule has 124 valence electrons. The summed E-state index contributed by atoms with van der Waals surface area (Å²) >= 11 is 0. The third-order valence-electron chi connectivity index (χ3n) is 3.59. The Balaban J connectivity index is 2.31. The Hall–Kier alpha value is -2.21. The molecule has 0 aliphatic heterocycles. The van der Waals surface area contributed by atoms with E-state index in [2.05, 4.69) is 10.4 Å². The zero-order valence-electron chi connectivity index (χ0n) is 13.6. The first-order chi connectivity index (χ1) is 10.9. The summed E-state index contributed by atoms with van der Waals surface area (Å²) in [6.45, 7) is 6.22. The third-order valence-corrected chi connectivity index (χ3v) is 3.59. The molecule has 0 fully saturated rings. The number of benzene rings is 1. The van der Waals surface area contributed by atoms with E-state index in [9.17, 15) is 9.18 Å². The highest BCUT2D eigenvalue weighted by atomic mass is 19.1. The lowest BCUT2D eigenvalue weighted by molar-refractivity contribution is 0.0941. The summed E-state index contributed by atoms with van der Waals surface area (Å²) in [4.78, 5) is 12.4. The fraction of sp³-hybridized carbons (Fsp3) is 0.412. The molecule has 1 unspecified atom stereocenters. The number of nitrogens with one attached hydrogen (secondary N) is 1. The number of aliphatic hydroxyl groups is 1. The molecule has 2 rings (SSSR count). The van der Waals surface area contributed by atoms with Crippen LogP contribution >= 0.6 is 0 Å². The van der Waals surface area contributed by atoms with Crippen molar-refractivity contribution in [2.75, 3.05) is 13.2 Å². The van der Waals surface area contributed by atoms with Crippen molar-refractivity contribution >= 4 is 5.91 Å². The molecule has 2 aromatic rings. The fourth-order valence-electron chi connectivity index (χ4n) is 2.30. The van der Waals surface area contributed by atoms with E-state index in [0.29, 0.717) is 17.8 Å². The third kappa shape index (κ3) is 3.96. The van der Waals surface area contributed by atoms with Crippen molar-refractivity contribution in [2.45, 2.75) is 26.7 Å². The number of aliphatic hydroxyl groups excluding tert-OH is 1. The highest BCUT2D eigenvalue weighted by molar-refractivity contribution is 5.95. The van der Waals surface area contributed by atoms with Crippen molar-refractivity contribution in [3.05, 3.63) is 47.5 Å². The molecule has 0 aliphatic carbocycles. The molecule has 0 saturated carbocycles. The number of nitrogens with zero attached hydrogens (tertiary/aromatic N) is 2. The van der Waals surface area contributed by atoms with E-state index in [1.807, 2.05) is 20.8 Å². The van der Waals surface area contributed by atoms with Gasteiger partial charge < -0.3 is 10.4 Å². The summed E-state index contributed by atoms with van der Waals surface area (Å²) < 4.78 is 14.8. The van der Waals surface area contributed by atoms with E-state index < -0.39 is 0 Å². The van der Waals surface area contributed by atoms with Gasteiger partial charge in [0.25, 0.3) is 5.91 Å². The molecule has 2 N–H and O–H groups in total. The number of hydrogen-bond donors (Lipinski definition) is 2. The van der Waals surface area contributed by atoms with E-state index >= 15 is 0 Å². The highest BCUT2D eigenvalue weighted by Crippen LogP contribution is 2.23. The van der Waals surface area contributed by atoms with Crippen molar-refractivity contribution in [1.29, 1.82) is 0 Å². The van der Waals surface area contributed by atoms with Crippen LogP contribution in [0.3, 0.4) is 0 Å². The lowest BCUT2D eigenvalue weighted by Crippen LogP contribution is -2.30. The summed E-state index contributed by atoms with van der Waals surface area (Å²) in [6, 6.07) is 5.99. The van der Waals surface area contributed by atoms with E-state index in [4.69, 9.17) is 5.11 Å². The molecule has 0 saturated heterocycles. The molecule has 0 bridgehead atoms. The van der Waals surface area contributed by atoms with Crippen LogP contribution in [0.5, 0.6) is 0 Å². The first-order valence-corrected chi connectivity index (χ1v) is 7.67. The molecule has 23 heavy (non-hydrogen) atoms. The molecule has 1 heterocycles. The number of hydrogen-bond acceptors (Lipinski definition) is 3. The van der Waals surface area contributed by atoms with Gasteiger partial charge in [0, 0.05) is 13.2 Å². The van der Waals surface area contributed by atoms with Gasteiger partial charge >= 0.3 is 0 Å². The summed E-state index contributed by atoms with van der Waals surface area (Å²) in [5.41, 5.74) is 1.97. The maximum absolute atomic E-state index is 13.1. The van der Waals surface area contributed by atoms with E-state index in [1.54, 1.807) is 16.8 Å². The molecular weight excluding hydrogens is 297 g/mol. The van der Waals surface area contributed by atoms with Crippen molar-refractivity contribution in [3.8, 4) is 5.69 Å². The average molecular weight is 319 g/mol. The number of carbonyl (C=O) groups excluding carboxylic acids is 1. The molecule has 0 aliphatic rings. The summed E-state index contributed by atoms with van der Waals surface area (Å²) in [5, 5.41) is 16.1. The Labute approximate surface area is 135 Å². The molecule has 1 amide bonds. The lowest BCUT2D eigenvalue weighted by Gasteiger charge is -2.14. The molecule has 6 heteroatoms. The highest BCUT2D eigenvalue weighted by Gasteiger charge is 2.21. The standard InChI is InChI=1S/C17H22FN3O2/c1-11(2)16-15(17(23)19-8-12(3)10-22)9-20-21(16)14-6-4-13(18)5-7-14/h4-7,9,11-12,22H,8,10H2,1-3H3,(H,19,23). The van der Waals surface area contributed by atoms with Crippen molar-refractivity contribution in [1.82, 2.24) is 15.1 Å². The van der Waals surface area contributed by atoms with Gasteiger partial charge in [0.1, 0.15) is 5.82 Å². The van der Waals surface area contributed by atoms with Gasteiger partial charge in [-0.25, -0.2) is 9.07 Å². The molecule has 1 atom stereocenters. The minimum Gasteiger partial charge on any atom is -0.396 e. The molecular formula is C17H22FN3O2. The van der Waals surface area contributed by atoms with E-state index in [1.165, 1.54) is 18.3 Å². The maximum atomic E-state index is 13.1. The van der Waals surface area contributed by atoms with E-state index in [-0.39, 0.29) is 30.2 Å². The number of carbonyl (C=O) groups is 1. The van der Waals surface area contributed by atoms with Gasteiger partial charge in [-0.05, 0) is 36.1 Å². The van der Waals surface area contributed by atoms with Crippen LogP contribution in [0.2, 0.25) is 0 Å². The van der Waals surface area contributed by atoms with Gasteiger partial charge in [-0.2, -0.15) is 5.10 Å². The second kappa shape index (κ2) is 7.37. The van der Waals surface area contributed by atoms with Gasteiger partial charge in [-0.15, -0.1) is 0 Å². The molecule has 5 nitrogen and oxygen atoms in total. The Morgan fingerprint density at radius 1 is 1.30 bits per heavy atom. The summed E-state index contributed by atoms with van der Waals surface area (Å²) in [5.74, 6) is -0.475. The second-order valence-electron chi connectivity index (χ2n) is 5.98. The maximum Gasteiger partial charge on any atom is 0.254 e. The SMILES string of the molecule is CC(CO)CNC(=O)c1cnn(-c2ccc(F)cc2)c1C(C)C. The predicted octanol–water partition coefficient (Wildman–Crippen LogP) is 2.49. The molecule has 1 aromatic heterocycles. The predicted molar refractivity (Wildman–Crippen MR) is 86.2 cm³/mol. The first kappa shape index (κ1) is 17.1. The van der Waals surface area contributed by atoms with Crippen LogP contribution in [-0.2, 0) is 0 Å². The van der Waals surface area contributed by atoms with Crippen LogP contribution < -0.4 is 5.32 Å². The van der Waals surface area contributed by atoms with Gasteiger partial charge in [0.05, 0.1) is 23.1 Å². The van der Waals surface area contributed by atoms with Crippen molar-refractivity contribution < 1.29 is 14.3 Å². The van der Waals surface area contributed by atoms with Crippen LogP contribution in [0.1, 0.15) is 42.7 Å². The first-order valence-electron chi connectivity index (χ1n) is 7.67. The van der Waals surface area contributed by atoms with Crippen LogP contribution in [-0.4, -0.2) is 33.9 Å². The zero-order chi connectivity index (χ0) is 17.0. The van der Waals surface area contributed by atoms with Gasteiger partial charge in [-0.1, -0.05) is 20.8 Å². The monoisotopic (exact) mass is 319 g/mol. The topological polar surface area (TPSA) is 67.2 Å². The average Bonchev–Trinajstić information content (AvgIpc) is 2.98. The summed E-state index contributed by atoms with van der Waals surface area (Å²) in [6.07, 6.45) is 1.53. The van der Waals surface area contributed by atoms with Gasteiger partial charge in [-0.3, -0.25) is 4.79 Å². The smallest absolute Gasteiger partial charge is 0.254 e. The Morgan fingerprint density at radius 2 is 1.96 bits per heavy atom. The number of rotatable bonds is 6. The normalized spacial score (nSPS) is 12.4. The molecule has 0 radical (unpaired) electrons. The second-order valence-corrected chi connectivity index (χ2v) is 5.98. The van der Waals surface area contributed by atoms with Crippen molar-refractivity contribution in [2.24, 2.45) is 5.92 Å². The lowest BCUT2D eigenvalue weighted by atomic mass is 10.0. The fourth-order valence-corrected chi connectivity index (χ4v) is 2.30. The molecule has 1 aromatic carbocycles. The van der Waals surface area contributed by atoms with Crippen LogP contribution in [0, 0.1) is 11.7 Å². The summed E-state index contributed by atoms with van der Waals surface area (Å²) in [7, 11) is 0. The number of halogens is 1. The van der Waals surface area contributed by atoms with Crippen LogP contribution in [0.25, 0.3) is 5.69 Å². The Bertz CT molecular complexity index is 665. The van der Waals surface area contributed by atoms with Crippen molar-refractivity contribution in [3.63, 3.8) is 0 Å². The van der Waals surface area contributed by atoms with Gasteiger partial charge in [0.2, 0.25) is 0 Å².